The van der Waals surface area contributed by atoms with E-state index in [2.05, 4.69) is 10.3 Å². The molecule has 1 aromatic heterocycles. The third-order valence-corrected chi connectivity index (χ3v) is 4.49. The van der Waals surface area contributed by atoms with Gasteiger partial charge in [-0.15, -0.1) is 0 Å². The molecule has 3 rings (SSSR count). The number of hydrogen-bond donors (Lipinski definition) is 1. The molecule has 0 radical (unpaired) electrons. The van der Waals surface area contributed by atoms with Crippen LogP contribution in [0.15, 0.2) is 52.9 Å². The molecule has 150 valence electrons. The number of carbonyl (C=O) groups excluding carboxylic acids is 2. The lowest BCUT2D eigenvalue weighted by atomic mass is 10.1. The van der Waals surface area contributed by atoms with Crippen molar-refractivity contribution in [2.75, 3.05) is 11.9 Å². The van der Waals surface area contributed by atoms with E-state index in [1.807, 2.05) is 32.9 Å². The first-order valence-electron chi connectivity index (χ1n) is 9.56. The lowest BCUT2D eigenvalue weighted by Crippen LogP contribution is -2.13. The molecule has 0 spiro atoms. The zero-order valence-electron chi connectivity index (χ0n) is 16.8. The van der Waals surface area contributed by atoms with Crippen molar-refractivity contribution >= 4 is 17.4 Å². The van der Waals surface area contributed by atoms with Gasteiger partial charge in [-0.05, 0) is 63.2 Å². The van der Waals surface area contributed by atoms with Gasteiger partial charge in [0.25, 0.3) is 0 Å². The fraction of sp³-hybridized carbons (Fsp3) is 0.261. The second-order valence-electron chi connectivity index (χ2n) is 6.67. The monoisotopic (exact) mass is 392 g/mol. The molecule has 2 aromatic carbocycles. The Balaban J connectivity index is 1.56. The van der Waals surface area contributed by atoms with Crippen molar-refractivity contribution in [1.29, 1.82) is 0 Å². The van der Waals surface area contributed by atoms with Crippen LogP contribution in [-0.2, 0) is 4.79 Å². The summed E-state index contributed by atoms with van der Waals surface area (Å²) in [5.41, 5.74) is 2.82. The highest BCUT2D eigenvalue weighted by Gasteiger charge is 2.12. The first-order chi connectivity index (χ1) is 14.0. The van der Waals surface area contributed by atoms with Gasteiger partial charge in [0, 0.05) is 29.7 Å². The van der Waals surface area contributed by atoms with Crippen molar-refractivity contribution in [2.24, 2.45) is 0 Å². The van der Waals surface area contributed by atoms with E-state index in [0.717, 1.165) is 22.8 Å². The van der Waals surface area contributed by atoms with Crippen LogP contribution in [0.5, 0.6) is 5.75 Å². The summed E-state index contributed by atoms with van der Waals surface area (Å²) in [5.74, 6) is 1.70. The highest BCUT2D eigenvalue weighted by molar-refractivity contribution is 6.00. The number of benzene rings is 2. The molecule has 0 aliphatic heterocycles. The van der Waals surface area contributed by atoms with E-state index < -0.39 is 0 Å². The molecule has 0 unspecified atom stereocenters. The molecular weight excluding hydrogens is 368 g/mol. The van der Waals surface area contributed by atoms with Crippen LogP contribution >= 0.6 is 0 Å². The van der Waals surface area contributed by atoms with Crippen molar-refractivity contribution in [3.63, 3.8) is 0 Å². The van der Waals surface area contributed by atoms with Crippen molar-refractivity contribution in [3.8, 4) is 17.2 Å². The third kappa shape index (κ3) is 5.31. The molecule has 0 saturated carbocycles. The van der Waals surface area contributed by atoms with E-state index in [9.17, 15) is 9.59 Å². The first kappa shape index (κ1) is 20.3. The number of rotatable bonds is 8. The Labute approximate surface area is 169 Å². The quantitative estimate of drug-likeness (QED) is 0.548. The van der Waals surface area contributed by atoms with Crippen LogP contribution in [-0.4, -0.2) is 23.3 Å². The first-order valence-corrected chi connectivity index (χ1v) is 9.56. The molecule has 6 heteroatoms. The number of anilines is 1. The lowest BCUT2D eigenvalue weighted by molar-refractivity contribution is -0.116. The predicted molar refractivity (Wildman–Crippen MR) is 111 cm³/mol. The Morgan fingerprint density at radius 1 is 1.07 bits per heavy atom. The summed E-state index contributed by atoms with van der Waals surface area (Å²) < 4.78 is 11.0. The summed E-state index contributed by atoms with van der Waals surface area (Å²) >= 11 is 0. The molecule has 0 aliphatic carbocycles. The molecule has 29 heavy (non-hydrogen) atoms. The van der Waals surface area contributed by atoms with Gasteiger partial charge in [0.15, 0.2) is 5.78 Å². The molecule has 0 aliphatic rings. The Morgan fingerprint density at radius 2 is 1.83 bits per heavy atom. The summed E-state index contributed by atoms with van der Waals surface area (Å²) in [7, 11) is 0. The third-order valence-electron chi connectivity index (χ3n) is 4.49. The molecular formula is C23H24N2O4. The van der Waals surface area contributed by atoms with Crippen molar-refractivity contribution in [2.45, 2.75) is 33.6 Å². The molecule has 1 heterocycles. The highest BCUT2D eigenvalue weighted by Crippen LogP contribution is 2.24. The number of ketones is 1. The van der Waals surface area contributed by atoms with Crippen LogP contribution in [0.3, 0.4) is 0 Å². The SMILES string of the molecule is CCOc1ccc(C(=O)CCC(=O)Nc2cccc(-c3nc(C)c(C)o3)c2)cc1. The number of ether oxygens (including phenoxy) is 1. The summed E-state index contributed by atoms with van der Waals surface area (Å²) in [5, 5.41) is 2.83. The van der Waals surface area contributed by atoms with Gasteiger partial charge in [-0.3, -0.25) is 9.59 Å². The number of aryl methyl sites for hydroxylation is 2. The fourth-order valence-corrected chi connectivity index (χ4v) is 2.82. The molecule has 1 N–H and O–H groups in total. The maximum Gasteiger partial charge on any atom is 0.226 e. The molecule has 0 saturated heterocycles. The molecule has 3 aromatic rings. The van der Waals surface area contributed by atoms with E-state index in [-0.39, 0.29) is 24.5 Å². The van der Waals surface area contributed by atoms with Gasteiger partial charge in [0.05, 0.1) is 12.3 Å². The van der Waals surface area contributed by atoms with Gasteiger partial charge in [-0.2, -0.15) is 0 Å². The van der Waals surface area contributed by atoms with Gasteiger partial charge in [-0.1, -0.05) is 6.07 Å². The second-order valence-corrected chi connectivity index (χ2v) is 6.67. The zero-order chi connectivity index (χ0) is 20.8. The molecule has 0 bridgehead atoms. The number of nitrogens with one attached hydrogen (secondary N) is 1. The van der Waals surface area contributed by atoms with Gasteiger partial charge in [0.2, 0.25) is 11.8 Å². The van der Waals surface area contributed by atoms with Crippen LogP contribution in [0.4, 0.5) is 5.69 Å². The van der Waals surface area contributed by atoms with Crippen LogP contribution in [0.25, 0.3) is 11.5 Å². The Hall–Kier alpha value is -3.41. The summed E-state index contributed by atoms with van der Waals surface area (Å²) in [6, 6.07) is 14.2. The molecule has 6 nitrogen and oxygen atoms in total. The topological polar surface area (TPSA) is 81.4 Å². The van der Waals surface area contributed by atoms with Crippen LogP contribution in [0.2, 0.25) is 0 Å². The standard InChI is InChI=1S/C23H24N2O4/c1-4-28-20-10-8-17(9-11-20)21(26)12-13-22(27)25-19-7-5-6-18(14-19)23-24-15(2)16(3)29-23/h5-11,14H,4,12-13H2,1-3H3,(H,25,27). The van der Waals surface area contributed by atoms with E-state index >= 15 is 0 Å². The largest absolute Gasteiger partial charge is 0.494 e. The second kappa shape index (κ2) is 9.19. The van der Waals surface area contributed by atoms with E-state index in [1.54, 1.807) is 36.4 Å². The lowest BCUT2D eigenvalue weighted by Gasteiger charge is -2.07. The average Bonchev–Trinajstić information content (AvgIpc) is 3.06. The van der Waals surface area contributed by atoms with Crippen molar-refractivity contribution in [3.05, 3.63) is 65.5 Å². The number of hydrogen-bond acceptors (Lipinski definition) is 5. The van der Waals surface area contributed by atoms with Crippen LogP contribution < -0.4 is 10.1 Å². The molecule has 0 atom stereocenters. The van der Waals surface area contributed by atoms with E-state index in [0.29, 0.717) is 23.7 Å². The number of carbonyl (C=O) groups is 2. The fourth-order valence-electron chi connectivity index (χ4n) is 2.82. The maximum atomic E-state index is 12.3. The summed E-state index contributed by atoms with van der Waals surface area (Å²) in [4.78, 5) is 29.0. The van der Waals surface area contributed by atoms with Gasteiger partial charge < -0.3 is 14.5 Å². The van der Waals surface area contributed by atoms with Crippen molar-refractivity contribution < 1.29 is 18.7 Å². The van der Waals surface area contributed by atoms with Gasteiger partial charge in [0.1, 0.15) is 11.5 Å². The Morgan fingerprint density at radius 3 is 2.48 bits per heavy atom. The maximum absolute atomic E-state index is 12.3. The van der Waals surface area contributed by atoms with Gasteiger partial charge in [-0.25, -0.2) is 4.98 Å². The number of nitrogens with zero attached hydrogens (tertiary/aromatic N) is 1. The minimum atomic E-state index is -0.221. The predicted octanol–water partition coefficient (Wildman–Crippen LogP) is 4.96. The van der Waals surface area contributed by atoms with Crippen LogP contribution in [0, 0.1) is 13.8 Å². The summed E-state index contributed by atoms with van der Waals surface area (Å²) in [6.07, 6.45) is 0.241. The zero-order valence-corrected chi connectivity index (χ0v) is 16.8. The van der Waals surface area contributed by atoms with E-state index in [1.165, 1.54) is 0 Å². The smallest absolute Gasteiger partial charge is 0.226 e. The van der Waals surface area contributed by atoms with Crippen LogP contribution in [0.1, 0.15) is 41.6 Å². The minimum absolute atomic E-state index is 0.0808. The number of aromatic nitrogens is 1. The van der Waals surface area contributed by atoms with Gasteiger partial charge >= 0.3 is 0 Å². The Kier molecular flexibility index (Phi) is 6.44. The molecule has 0 fully saturated rings. The van der Waals surface area contributed by atoms with E-state index in [4.69, 9.17) is 9.15 Å². The number of Topliss-reactive ketones (excluding diaryl/α,β-unsaturated/α-hetero) is 1. The normalized spacial score (nSPS) is 10.6. The highest BCUT2D eigenvalue weighted by atomic mass is 16.5. The molecule has 1 amide bonds. The minimum Gasteiger partial charge on any atom is -0.494 e. The number of oxazole rings is 1. The number of amides is 1. The average molecular weight is 392 g/mol. The van der Waals surface area contributed by atoms with Crippen molar-refractivity contribution in [1.82, 2.24) is 4.98 Å². The Bertz CT molecular complexity index is 986. The summed E-state index contributed by atoms with van der Waals surface area (Å²) in [6.45, 7) is 6.22.